The summed E-state index contributed by atoms with van der Waals surface area (Å²) in [5.41, 5.74) is 3.72. The van der Waals surface area contributed by atoms with Crippen molar-refractivity contribution in [2.45, 2.75) is 0 Å². The van der Waals surface area contributed by atoms with Crippen LogP contribution >= 0.6 is 11.3 Å². The van der Waals surface area contributed by atoms with Crippen LogP contribution in [0.1, 0.15) is 0 Å². The monoisotopic (exact) mass is 499 g/mol. The number of hydrogen-bond donors (Lipinski definition) is 0. The highest BCUT2D eigenvalue weighted by Gasteiger charge is 2.23. The first-order valence-electron chi connectivity index (χ1n) is 13.0. The first-order valence-corrected chi connectivity index (χ1v) is 13.9. The van der Waals surface area contributed by atoms with Gasteiger partial charge in [-0.2, -0.15) is 0 Å². The summed E-state index contributed by atoms with van der Waals surface area (Å²) in [7, 11) is 0. The van der Waals surface area contributed by atoms with Gasteiger partial charge in [0.2, 0.25) is 0 Å². The predicted octanol–water partition coefficient (Wildman–Crippen LogP) is 10.6. The third-order valence-electron chi connectivity index (χ3n) is 8.13. The van der Waals surface area contributed by atoms with Gasteiger partial charge >= 0.3 is 0 Å². The normalized spacial score (nSPS) is 12.2. The number of para-hydroxylation sites is 2. The number of fused-ring (bicyclic) bond motifs is 15. The summed E-state index contributed by atoms with van der Waals surface area (Å²) in [5.74, 6) is 0. The molecule has 0 saturated heterocycles. The number of thiophene rings is 1. The maximum Gasteiger partial charge on any atom is 0.0626 e. The van der Waals surface area contributed by atoms with E-state index in [1.165, 1.54) is 80.0 Å². The zero-order chi connectivity index (χ0) is 24.8. The molecule has 176 valence electrons. The molecule has 0 bridgehead atoms. The molecule has 0 fully saturated rings. The van der Waals surface area contributed by atoms with Crippen LogP contribution in [0.15, 0.2) is 127 Å². The minimum Gasteiger partial charge on any atom is -0.309 e. The Kier molecular flexibility index (Phi) is 3.99. The molecule has 0 radical (unpaired) electrons. The molecule has 2 heterocycles. The number of aromatic nitrogens is 1. The summed E-state index contributed by atoms with van der Waals surface area (Å²) in [5, 5.41) is 13.4. The average molecular weight is 500 g/mol. The highest BCUT2D eigenvalue weighted by molar-refractivity contribution is 7.27. The van der Waals surface area contributed by atoms with Crippen LogP contribution in [0.4, 0.5) is 0 Å². The van der Waals surface area contributed by atoms with Gasteiger partial charge in [-0.1, -0.05) is 103 Å². The van der Waals surface area contributed by atoms with Gasteiger partial charge in [0.15, 0.2) is 0 Å². The van der Waals surface area contributed by atoms with Gasteiger partial charge in [0.05, 0.1) is 11.0 Å². The molecule has 0 aliphatic heterocycles. The Hall–Kier alpha value is -4.66. The molecule has 9 aromatic rings. The largest absolute Gasteiger partial charge is 0.309 e. The van der Waals surface area contributed by atoms with Crippen molar-refractivity contribution in [2.75, 3.05) is 0 Å². The topological polar surface area (TPSA) is 4.93 Å². The quantitative estimate of drug-likeness (QED) is 0.198. The fraction of sp³-hybridized carbons (Fsp3) is 0. The first-order chi connectivity index (χ1) is 18.9. The van der Waals surface area contributed by atoms with Gasteiger partial charge in [0, 0.05) is 52.8 Å². The molecule has 2 aromatic heterocycles. The zero-order valence-electron chi connectivity index (χ0n) is 20.5. The zero-order valence-corrected chi connectivity index (χ0v) is 21.3. The fourth-order valence-electron chi connectivity index (χ4n) is 6.67. The van der Waals surface area contributed by atoms with Crippen LogP contribution in [0, 0.1) is 0 Å². The van der Waals surface area contributed by atoms with Gasteiger partial charge in [-0.3, -0.25) is 0 Å². The Morgan fingerprint density at radius 2 is 0.947 bits per heavy atom. The van der Waals surface area contributed by atoms with E-state index in [4.69, 9.17) is 0 Å². The molecule has 0 N–H and O–H groups in total. The van der Waals surface area contributed by atoms with E-state index in [1.807, 2.05) is 11.3 Å². The smallest absolute Gasteiger partial charge is 0.0626 e. The average Bonchev–Trinajstić information content (AvgIpc) is 3.54. The highest BCUT2D eigenvalue weighted by Crippen LogP contribution is 2.50. The fourth-order valence-corrected chi connectivity index (χ4v) is 7.96. The highest BCUT2D eigenvalue weighted by atomic mass is 32.1. The lowest BCUT2D eigenvalue weighted by Gasteiger charge is -2.15. The predicted molar refractivity (Wildman–Crippen MR) is 166 cm³/mol. The Morgan fingerprint density at radius 3 is 1.71 bits per heavy atom. The van der Waals surface area contributed by atoms with Crippen molar-refractivity contribution < 1.29 is 0 Å². The second kappa shape index (κ2) is 7.44. The maximum atomic E-state index is 2.47. The third-order valence-corrected chi connectivity index (χ3v) is 9.32. The Morgan fingerprint density at radius 1 is 0.395 bits per heavy atom. The molecular formula is C36H21NS. The van der Waals surface area contributed by atoms with E-state index in [0.717, 1.165) is 0 Å². The summed E-state index contributed by atoms with van der Waals surface area (Å²) in [6, 6.07) is 46.6. The van der Waals surface area contributed by atoms with E-state index in [9.17, 15) is 0 Å². The molecule has 9 rings (SSSR count). The van der Waals surface area contributed by atoms with Gasteiger partial charge in [0.25, 0.3) is 0 Å². The molecule has 0 atom stereocenters. The molecule has 0 amide bonds. The Bertz CT molecular complexity index is 2390. The van der Waals surface area contributed by atoms with Crippen molar-refractivity contribution in [3.05, 3.63) is 127 Å². The standard InChI is InChI=1S/C36H21NS/c1-2-12-22(13-3-1)37-29-20-10-8-18-27(29)33-32-24-15-5-4-14-23(24)31-28-19-9-11-21-30(28)38-36(31)34(32)25-16-6-7-17-26(25)35(33)37/h1-21H. The van der Waals surface area contributed by atoms with Crippen molar-refractivity contribution in [1.82, 2.24) is 4.57 Å². The second-order valence-corrected chi connectivity index (χ2v) is 11.1. The van der Waals surface area contributed by atoms with Crippen molar-refractivity contribution in [3.8, 4) is 5.69 Å². The van der Waals surface area contributed by atoms with Crippen LogP contribution < -0.4 is 0 Å². The van der Waals surface area contributed by atoms with Crippen LogP contribution in [-0.4, -0.2) is 4.57 Å². The van der Waals surface area contributed by atoms with E-state index < -0.39 is 0 Å². The van der Waals surface area contributed by atoms with Crippen molar-refractivity contribution in [1.29, 1.82) is 0 Å². The van der Waals surface area contributed by atoms with Crippen molar-refractivity contribution in [3.63, 3.8) is 0 Å². The number of benzene rings is 7. The summed E-state index contributed by atoms with van der Waals surface area (Å²) in [6.07, 6.45) is 0. The molecule has 0 saturated carbocycles. The Balaban J connectivity index is 1.71. The van der Waals surface area contributed by atoms with Crippen LogP contribution in [0.25, 0.3) is 80.0 Å². The lowest BCUT2D eigenvalue weighted by Crippen LogP contribution is -1.94. The summed E-state index contributed by atoms with van der Waals surface area (Å²) >= 11 is 1.93. The van der Waals surface area contributed by atoms with Gasteiger partial charge in [-0.05, 0) is 40.4 Å². The number of nitrogens with zero attached hydrogens (tertiary/aromatic N) is 1. The van der Waals surface area contributed by atoms with Crippen molar-refractivity contribution >= 4 is 85.6 Å². The van der Waals surface area contributed by atoms with E-state index in [2.05, 4.69) is 132 Å². The SMILES string of the molecule is c1ccc(-n2c3ccccc3c3c4c5ccccc5c5c6ccccc6sc5c4c4ccccc4c32)cc1. The lowest BCUT2D eigenvalue weighted by atomic mass is 9.90. The van der Waals surface area contributed by atoms with Crippen LogP contribution in [0.5, 0.6) is 0 Å². The van der Waals surface area contributed by atoms with E-state index in [1.54, 1.807) is 0 Å². The van der Waals surface area contributed by atoms with Gasteiger partial charge < -0.3 is 4.57 Å². The van der Waals surface area contributed by atoms with Crippen LogP contribution in [-0.2, 0) is 0 Å². The minimum absolute atomic E-state index is 1.19. The second-order valence-electron chi connectivity index (χ2n) is 10.1. The third kappa shape index (κ3) is 2.50. The number of hydrogen-bond acceptors (Lipinski definition) is 1. The molecule has 0 aliphatic carbocycles. The molecule has 1 nitrogen and oxygen atoms in total. The number of rotatable bonds is 1. The molecule has 2 heteroatoms. The lowest BCUT2D eigenvalue weighted by molar-refractivity contribution is 1.19. The molecule has 0 aliphatic rings. The van der Waals surface area contributed by atoms with Gasteiger partial charge in [-0.15, -0.1) is 11.3 Å². The van der Waals surface area contributed by atoms with Gasteiger partial charge in [0.1, 0.15) is 0 Å². The van der Waals surface area contributed by atoms with E-state index in [-0.39, 0.29) is 0 Å². The summed E-state index contributed by atoms with van der Waals surface area (Å²) in [4.78, 5) is 0. The Labute approximate surface area is 222 Å². The van der Waals surface area contributed by atoms with Crippen molar-refractivity contribution in [2.24, 2.45) is 0 Å². The van der Waals surface area contributed by atoms with Crippen LogP contribution in [0.3, 0.4) is 0 Å². The molecule has 0 spiro atoms. The minimum atomic E-state index is 1.19. The molecule has 7 aromatic carbocycles. The molecule has 38 heavy (non-hydrogen) atoms. The molecular weight excluding hydrogens is 478 g/mol. The summed E-state index contributed by atoms with van der Waals surface area (Å²) in [6.45, 7) is 0. The van der Waals surface area contributed by atoms with Crippen LogP contribution in [0.2, 0.25) is 0 Å². The first kappa shape index (κ1) is 20.4. The maximum absolute atomic E-state index is 2.47. The summed E-state index contributed by atoms with van der Waals surface area (Å²) < 4.78 is 5.20. The van der Waals surface area contributed by atoms with E-state index >= 15 is 0 Å². The van der Waals surface area contributed by atoms with Gasteiger partial charge in [-0.25, -0.2) is 0 Å². The van der Waals surface area contributed by atoms with E-state index in [0.29, 0.717) is 0 Å². The molecule has 0 unspecified atom stereocenters.